The number of carbonyl (C=O) groups is 1. The van der Waals surface area contributed by atoms with Crippen LogP contribution in [0, 0.1) is 24.3 Å². The van der Waals surface area contributed by atoms with E-state index in [1.54, 1.807) is 43.3 Å². The molecule has 172 valence electrons. The van der Waals surface area contributed by atoms with Gasteiger partial charge in [0.05, 0.1) is 16.3 Å². The Morgan fingerprint density at radius 1 is 1.00 bits per heavy atom. The van der Waals surface area contributed by atoms with E-state index in [4.69, 9.17) is 0 Å². The zero-order valence-electron chi connectivity index (χ0n) is 19.0. The Hall–Kier alpha value is -2.72. The van der Waals surface area contributed by atoms with Gasteiger partial charge in [-0.3, -0.25) is 9.10 Å². The largest absolute Gasteiger partial charge is 0.271 e. The van der Waals surface area contributed by atoms with Crippen LogP contribution in [-0.4, -0.2) is 26.6 Å². The summed E-state index contributed by atoms with van der Waals surface area (Å²) in [5.74, 6) is -0.531. The van der Waals surface area contributed by atoms with Gasteiger partial charge in [0, 0.05) is 3.57 Å². The van der Waals surface area contributed by atoms with Gasteiger partial charge in [0.1, 0.15) is 6.54 Å². The second-order valence-corrected chi connectivity index (χ2v) is 10.9. The average molecular weight is 575 g/mol. The third-order valence-electron chi connectivity index (χ3n) is 5.33. The molecule has 0 heterocycles. The number of amides is 1. The molecule has 0 aliphatic rings. The number of carbonyl (C=O) groups excluding carboxylic acids is 1. The molecule has 6 nitrogen and oxygen atoms in total. The van der Waals surface area contributed by atoms with Crippen LogP contribution in [0.1, 0.15) is 29.2 Å². The second kappa shape index (κ2) is 10.5. The molecular formula is C25H26IN3O3S. The van der Waals surface area contributed by atoms with Crippen LogP contribution in [0.3, 0.4) is 0 Å². The summed E-state index contributed by atoms with van der Waals surface area (Å²) in [6, 6.07) is 19.7. The molecule has 0 aliphatic carbocycles. The molecule has 0 spiro atoms. The van der Waals surface area contributed by atoms with E-state index >= 15 is 0 Å². The van der Waals surface area contributed by atoms with Crippen LogP contribution in [0.4, 0.5) is 5.69 Å². The maximum atomic E-state index is 13.5. The zero-order valence-corrected chi connectivity index (χ0v) is 21.9. The predicted molar refractivity (Wildman–Crippen MR) is 141 cm³/mol. The SMILES string of the molecule is C/C(=N/NC(=O)CN(c1cccc(C)c1C)S(=O)(=O)c1ccc(C)cc1)c1cccc(I)c1. The van der Waals surface area contributed by atoms with Crippen molar-refractivity contribution < 1.29 is 13.2 Å². The molecule has 3 aromatic rings. The highest BCUT2D eigenvalue weighted by Crippen LogP contribution is 2.28. The molecule has 0 radical (unpaired) electrons. The summed E-state index contributed by atoms with van der Waals surface area (Å²) < 4.78 is 29.3. The van der Waals surface area contributed by atoms with Crippen molar-refractivity contribution in [3.05, 3.63) is 92.6 Å². The predicted octanol–water partition coefficient (Wildman–Crippen LogP) is 4.95. The summed E-state index contributed by atoms with van der Waals surface area (Å²) in [5, 5.41) is 4.18. The Kier molecular flexibility index (Phi) is 7.91. The third kappa shape index (κ3) is 6.00. The lowest BCUT2D eigenvalue weighted by Crippen LogP contribution is -2.40. The zero-order chi connectivity index (χ0) is 24.2. The van der Waals surface area contributed by atoms with E-state index < -0.39 is 22.5 Å². The standard InChI is InChI=1S/C25H26IN3O3S/c1-17-11-13-23(14-12-17)33(31,32)29(24-10-5-7-18(2)19(24)3)16-25(30)28-27-20(4)21-8-6-9-22(26)15-21/h5-15H,16H2,1-4H3,(H,28,30)/b27-20-. The first kappa shape index (κ1) is 24.9. The van der Waals surface area contributed by atoms with Crippen molar-refractivity contribution in [1.82, 2.24) is 5.43 Å². The quantitative estimate of drug-likeness (QED) is 0.246. The van der Waals surface area contributed by atoms with Crippen molar-refractivity contribution in [2.75, 3.05) is 10.8 Å². The number of rotatable bonds is 7. The first-order valence-corrected chi connectivity index (χ1v) is 12.9. The molecule has 0 bridgehead atoms. The van der Waals surface area contributed by atoms with Crippen LogP contribution in [-0.2, 0) is 14.8 Å². The number of hydrogen-bond acceptors (Lipinski definition) is 4. The van der Waals surface area contributed by atoms with E-state index in [-0.39, 0.29) is 4.90 Å². The Labute approximate surface area is 208 Å². The summed E-state index contributed by atoms with van der Waals surface area (Å²) in [6.07, 6.45) is 0. The summed E-state index contributed by atoms with van der Waals surface area (Å²) >= 11 is 2.21. The summed E-state index contributed by atoms with van der Waals surface area (Å²) in [5.41, 5.74) is 7.15. The van der Waals surface area contributed by atoms with Crippen LogP contribution in [0.2, 0.25) is 0 Å². The van der Waals surface area contributed by atoms with Gasteiger partial charge in [-0.25, -0.2) is 13.8 Å². The van der Waals surface area contributed by atoms with Gasteiger partial charge in [-0.05, 0) is 97.3 Å². The van der Waals surface area contributed by atoms with Crippen LogP contribution in [0.15, 0.2) is 76.7 Å². The highest BCUT2D eigenvalue weighted by Gasteiger charge is 2.28. The van der Waals surface area contributed by atoms with E-state index in [0.29, 0.717) is 11.4 Å². The van der Waals surface area contributed by atoms with Gasteiger partial charge in [-0.15, -0.1) is 0 Å². The molecule has 33 heavy (non-hydrogen) atoms. The van der Waals surface area contributed by atoms with Gasteiger partial charge in [-0.1, -0.05) is 42.0 Å². The molecule has 0 unspecified atom stereocenters. The minimum Gasteiger partial charge on any atom is -0.271 e. The number of nitrogens with one attached hydrogen (secondary N) is 1. The maximum Gasteiger partial charge on any atom is 0.264 e. The molecule has 0 atom stereocenters. The maximum absolute atomic E-state index is 13.5. The minimum atomic E-state index is -3.98. The third-order valence-corrected chi connectivity index (χ3v) is 7.78. The number of anilines is 1. The van der Waals surface area contributed by atoms with Gasteiger partial charge in [0.15, 0.2) is 0 Å². The van der Waals surface area contributed by atoms with Gasteiger partial charge in [0.25, 0.3) is 15.9 Å². The topological polar surface area (TPSA) is 78.8 Å². The number of nitrogens with zero attached hydrogens (tertiary/aromatic N) is 2. The van der Waals surface area contributed by atoms with E-state index in [1.807, 2.05) is 51.1 Å². The summed E-state index contributed by atoms with van der Waals surface area (Å²) in [7, 11) is -3.98. The summed E-state index contributed by atoms with van der Waals surface area (Å²) in [4.78, 5) is 13.0. The van der Waals surface area contributed by atoms with E-state index in [1.165, 1.54) is 0 Å². The number of benzene rings is 3. The molecule has 0 saturated heterocycles. The van der Waals surface area contributed by atoms with Gasteiger partial charge in [0.2, 0.25) is 0 Å². The lowest BCUT2D eigenvalue weighted by atomic mass is 10.1. The van der Waals surface area contributed by atoms with Crippen molar-refractivity contribution in [2.24, 2.45) is 5.10 Å². The molecule has 0 aromatic heterocycles. The Morgan fingerprint density at radius 3 is 2.33 bits per heavy atom. The Balaban J connectivity index is 1.93. The minimum absolute atomic E-state index is 0.125. The van der Waals surface area contributed by atoms with Crippen LogP contribution >= 0.6 is 22.6 Å². The molecule has 0 aliphatic heterocycles. The van der Waals surface area contributed by atoms with Crippen molar-refractivity contribution in [3.63, 3.8) is 0 Å². The molecule has 0 fully saturated rings. The first-order valence-electron chi connectivity index (χ1n) is 10.3. The molecule has 0 saturated carbocycles. The lowest BCUT2D eigenvalue weighted by molar-refractivity contribution is -0.119. The Bertz CT molecular complexity index is 1300. The number of aryl methyl sites for hydroxylation is 2. The average Bonchev–Trinajstić information content (AvgIpc) is 2.78. The fraction of sp³-hybridized carbons (Fsp3) is 0.200. The monoisotopic (exact) mass is 575 g/mol. The Morgan fingerprint density at radius 2 is 1.67 bits per heavy atom. The lowest BCUT2D eigenvalue weighted by Gasteiger charge is -2.26. The van der Waals surface area contributed by atoms with Crippen LogP contribution in [0.5, 0.6) is 0 Å². The highest BCUT2D eigenvalue weighted by molar-refractivity contribution is 14.1. The van der Waals surface area contributed by atoms with E-state index in [0.717, 1.165) is 30.1 Å². The van der Waals surface area contributed by atoms with Crippen molar-refractivity contribution in [3.8, 4) is 0 Å². The van der Waals surface area contributed by atoms with Gasteiger partial charge in [-0.2, -0.15) is 5.10 Å². The van der Waals surface area contributed by atoms with Crippen molar-refractivity contribution in [2.45, 2.75) is 32.6 Å². The molecular weight excluding hydrogens is 549 g/mol. The fourth-order valence-electron chi connectivity index (χ4n) is 3.23. The normalized spacial score (nSPS) is 11.8. The molecule has 1 amide bonds. The number of hydrogen-bond donors (Lipinski definition) is 1. The molecule has 3 aromatic carbocycles. The summed E-state index contributed by atoms with van der Waals surface area (Å²) in [6.45, 7) is 7.03. The van der Waals surface area contributed by atoms with Crippen LogP contribution in [0.25, 0.3) is 0 Å². The van der Waals surface area contributed by atoms with Gasteiger partial charge >= 0.3 is 0 Å². The second-order valence-electron chi connectivity index (χ2n) is 7.79. The number of sulfonamides is 1. The first-order chi connectivity index (χ1) is 15.6. The highest BCUT2D eigenvalue weighted by atomic mass is 127. The van der Waals surface area contributed by atoms with Crippen molar-refractivity contribution in [1.29, 1.82) is 0 Å². The van der Waals surface area contributed by atoms with Crippen LogP contribution < -0.4 is 9.73 Å². The number of halogens is 1. The number of hydrazone groups is 1. The smallest absolute Gasteiger partial charge is 0.264 e. The van der Waals surface area contributed by atoms with Crippen molar-refractivity contribution >= 4 is 49.9 Å². The fourth-order valence-corrected chi connectivity index (χ4v) is 5.25. The molecule has 1 N–H and O–H groups in total. The molecule has 8 heteroatoms. The van der Waals surface area contributed by atoms with Gasteiger partial charge < -0.3 is 0 Å². The molecule has 3 rings (SSSR count). The van der Waals surface area contributed by atoms with E-state index in [9.17, 15) is 13.2 Å². The van der Waals surface area contributed by atoms with E-state index in [2.05, 4.69) is 33.1 Å².